The van der Waals surface area contributed by atoms with E-state index in [1.165, 1.54) is 0 Å². The third kappa shape index (κ3) is 3.04. The number of rotatable bonds is 2. The predicted molar refractivity (Wildman–Crippen MR) is 85.4 cm³/mol. The molecule has 0 radical (unpaired) electrons. The van der Waals surface area contributed by atoms with Gasteiger partial charge in [-0.05, 0) is 25.0 Å². The molecule has 2 heterocycles. The second kappa shape index (κ2) is 5.95. The van der Waals surface area contributed by atoms with Crippen LogP contribution in [-0.2, 0) is 0 Å². The number of urea groups is 1. The summed E-state index contributed by atoms with van der Waals surface area (Å²) in [6.45, 7) is 3.05. The standard InChI is InChI=1S/C15H19N5O/c16-12-4-3-11(14-10-17-5-6-18-14)9-13(12)19-15(21)20-7-1-2-8-20/h3-4,9-10H,1-2,5-8,16H2,(H,19,21). The largest absolute Gasteiger partial charge is 0.397 e. The highest BCUT2D eigenvalue weighted by Gasteiger charge is 2.18. The van der Waals surface area contributed by atoms with E-state index in [-0.39, 0.29) is 6.03 Å². The summed E-state index contributed by atoms with van der Waals surface area (Å²) in [5.41, 5.74) is 8.90. The van der Waals surface area contributed by atoms with Crippen LogP contribution in [-0.4, -0.2) is 49.0 Å². The molecular formula is C15H19N5O. The van der Waals surface area contributed by atoms with E-state index in [2.05, 4.69) is 15.3 Å². The van der Waals surface area contributed by atoms with Crippen molar-refractivity contribution in [3.8, 4) is 0 Å². The maximum atomic E-state index is 12.2. The van der Waals surface area contributed by atoms with Crippen LogP contribution in [0.1, 0.15) is 18.4 Å². The normalized spacial score (nSPS) is 17.7. The SMILES string of the molecule is Nc1ccc(C2=NCCN=C2)cc1NC(=O)N1CCCC1. The smallest absolute Gasteiger partial charge is 0.321 e. The van der Waals surface area contributed by atoms with E-state index in [9.17, 15) is 4.79 Å². The molecule has 6 nitrogen and oxygen atoms in total. The summed E-state index contributed by atoms with van der Waals surface area (Å²) in [7, 11) is 0. The van der Waals surface area contributed by atoms with Gasteiger partial charge in [0.1, 0.15) is 0 Å². The van der Waals surface area contributed by atoms with E-state index >= 15 is 0 Å². The van der Waals surface area contributed by atoms with Crippen molar-refractivity contribution >= 4 is 29.3 Å². The Labute approximate surface area is 123 Å². The van der Waals surface area contributed by atoms with Crippen LogP contribution in [0.2, 0.25) is 0 Å². The molecule has 6 heteroatoms. The number of carbonyl (C=O) groups is 1. The second-order valence-corrected chi connectivity index (χ2v) is 5.23. The van der Waals surface area contributed by atoms with Crippen molar-refractivity contribution in [2.75, 3.05) is 37.2 Å². The van der Waals surface area contributed by atoms with Crippen molar-refractivity contribution in [3.63, 3.8) is 0 Å². The zero-order chi connectivity index (χ0) is 14.7. The Morgan fingerprint density at radius 1 is 1.24 bits per heavy atom. The van der Waals surface area contributed by atoms with Gasteiger partial charge in [0.05, 0.1) is 30.2 Å². The van der Waals surface area contributed by atoms with Gasteiger partial charge in [-0.2, -0.15) is 0 Å². The average molecular weight is 285 g/mol. The third-order valence-corrected chi connectivity index (χ3v) is 3.71. The van der Waals surface area contributed by atoms with Crippen LogP contribution in [0.4, 0.5) is 16.2 Å². The summed E-state index contributed by atoms with van der Waals surface area (Å²) >= 11 is 0. The third-order valence-electron chi connectivity index (χ3n) is 3.71. The van der Waals surface area contributed by atoms with Gasteiger partial charge in [-0.15, -0.1) is 0 Å². The number of anilines is 2. The van der Waals surface area contributed by atoms with Crippen molar-refractivity contribution in [3.05, 3.63) is 23.8 Å². The highest BCUT2D eigenvalue weighted by Crippen LogP contribution is 2.22. The average Bonchev–Trinajstić information content (AvgIpc) is 3.05. The van der Waals surface area contributed by atoms with Gasteiger partial charge in [-0.3, -0.25) is 9.98 Å². The number of likely N-dealkylation sites (tertiary alicyclic amines) is 1. The molecule has 0 spiro atoms. The van der Waals surface area contributed by atoms with Gasteiger partial charge >= 0.3 is 6.03 Å². The molecule has 1 saturated heterocycles. The van der Waals surface area contributed by atoms with Crippen molar-refractivity contribution in [1.29, 1.82) is 0 Å². The van der Waals surface area contributed by atoms with E-state index in [0.717, 1.165) is 43.8 Å². The Balaban J connectivity index is 1.79. The molecule has 2 aliphatic heterocycles. The molecule has 1 aromatic carbocycles. The Morgan fingerprint density at radius 3 is 2.76 bits per heavy atom. The maximum Gasteiger partial charge on any atom is 0.321 e. The van der Waals surface area contributed by atoms with Gasteiger partial charge in [0.2, 0.25) is 0 Å². The molecular weight excluding hydrogens is 266 g/mol. The number of amides is 2. The van der Waals surface area contributed by atoms with Crippen LogP contribution in [0.15, 0.2) is 28.2 Å². The van der Waals surface area contributed by atoms with E-state index in [1.54, 1.807) is 12.3 Å². The van der Waals surface area contributed by atoms with Crippen LogP contribution >= 0.6 is 0 Å². The highest BCUT2D eigenvalue weighted by molar-refractivity contribution is 6.38. The van der Waals surface area contributed by atoms with Gasteiger partial charge in [-0.1, -0.05) is 6.07 Å². The molecule has 0 atom stereocenters. The van der Waals surface area contributed by atoms with E-state index in [0.29, 0.717) is 17.9 Å². The Hall–Kier alpha value is -2.37. The van der Waals surface area contributed by atoms with E-state index < -0.39 is 0 Å². The molecule has 0 aromatic heterocycles. The number of hydrogen-bond acceptors (Lipinski definition) is 4. The monoisotopic (exact) mass is 285 g/mol. The molecule has 0 aliphatic carbocycles. The second-order valence-electron chi connectivity index (χ2n) is 5.23. The summed E-state index contributed by atoms with van der Waals surface area (Å²) in [4.78, 5) is 22.6. The first kappa shape index (κ1) is 13.6. The van der Waals surface area contributed by atoms with Gasteiger partial charge in [0, 0.05) is 24.9 Å². The first-order valence-corrected chi connectivity index (χ1v) is 7.24. The van der Waals surface area contributed by atoms with Crippen molar-refractivity contribution in [1.82, 2.24) is 4.90 Å². The lowest BCUT2D eigenvalue weighted by atomic mass is 10.1. The number of nitrogens with two attached hydrogens (primary N) is 1. The summed E-state index contributed by atoms with van der Waals surface area (Å²) < 4.78 is 0. The summed E-state index contributed by atoms with van der Waals surface area (Å²) in [6, 6.07) is 5.46. The molecule has 3 N–H and O–H groups in total. The Morgan fingerprint density at radius 2 is 2.05 bits per heavy atom. The Kier molecular flexibility index (Phi) is 3.85. The number of hydrogen-bond donors (Lipinski definition) is 2. The topological polar surface area (TPSA) is 83.1 Å². The number of carbonyl (C=O) groups excluding carboxylic acids is 1. The van der Waals surface area contributed by atoms with Crippen LogP contribution in [0, 0.1) is 0 Å². The lowest BCUT2D eigenvalue weighted by molar-refractivity contribution is 0.222. The fourth-order valence-electron chi connectivity index (χ4n) is 2.52. The minimum absolute atomic E-state index is 0.0874. The highest BCUT2D eigenvalue weighted by atomic mass is 16.2. The summed E-state index contributed by atoms with van der Waals surface area (Å²) in [5.74, 6) is 0. The fourth-order valence-corrected chi connectivity index (χ4v) is 2.52. The summed E-state index contributed by atoms with van der Waals surface area (Å²) in [5, 5.41) is 2.89. The van der Waals surface area contributed by atoms with E-state index in [4.69, 9.17) is 5.73 Å². The molecule has 3 rings (SSSR count). The zero-order valence-corrected chi connectivity index (χ0v) is 11.9. The van der Waals surface area contributed by atoms with Gasteiger partial charge in [0.25, 0.3) is 0 Å². The molecule has 1 fully saturated rings. The predicted octanol–water partition coefficient (Wildman–Crippen LogP) is 1.77. The van der Waals surface area contributed by atoms with Gasteiger partial charge in [0.15, 0.2) is 0 Å². The number of nitrogens with one attached hydrogen (secondary N) is 1. The van der Waals surface area contributed by atoms with Crippen LogP contribution < -0.4 is 11.1 Å². The van der Waals surface area contributed by atoms with Crippen molar-refractivity contribution in [2.45, 2.75) is 12.8 Å². The minimum Gasteiger partial charge on any atom is -0.397 e. The van der Waals surface area contributed by atoms with Crippen molar-refractivity contribution < 1.29 is 4.79 Å². The minimum atomic E-state index is -0.0874. The number of aliphatic imine (C=N–C) groups is 2. The first-order chi connectivity index (χ1) is 10.2. The van der Waals surface area contributed by atoms with E-state index in [1.807, 2.05) is 17.0 Å². The first-order valence-electron chi connectivity index (χ1n) is 7.24. The van der Waals surface area contributed by atoms with Crippen LogP contribution in [0.3, 0.4) is 0 Å². The van der Waals surface area contributed by atoms with Crippen molar-refractivity contribution in [2.24, 2.45) is 9.98 Å². The lowest BCUT2D eigenvalue weighted by Crippen LogP contribution is -2.32. The van der Waals surface area contributed by atoms with Crippen LogP contribution in [0.25, 0.3) is 0 Å². The zero-order valence-electron chi connectivity index (χ0n) is 11.9. The molecule has 2 amide bonds. The number of benzene rings is 1. The fraction of sp³-hybridized carbons (Fsp3) is 0.400. The number of nitrogen functional groups attached to an aromatic ring is 1. The molecule has 21 heavy (non-hydrogen) atoms. The Bertz CT molecular complexity index is 602. The molecule has 2 aliphatic rings. The lowest BCUT2D eigenvalue weighted by Gasteiger charge is -2.18. The van der Waals surface area contributed by atoms with Crippen LogP contribution in [0.5, 0.6) is 0 Å². The molecule has 1 aromatic rings. The maximum absolute atomic E-state index is 12.2. The quantitative estimate of drug-likeness (QED) is 0.812. The molecule has 0 unspecified atom stereocenters. The summed E-state index contributed by atoms with van der Waals surface area (Å²) in [6.07, 6.45) is 3.90. The molecule has 0 bridgehead atoms. The number of nitrogens with zero attached hydrogens (tertiary/aromatic N) is 3. The molecule has 0 saturated carbocycles. The van der Waals surface area contributed by atoms with Gasteiger partial charge in [-0.25, -0.2) is 4.79 Å². The van der Waals surface area contributed by atoms with Gasteiger partial charge < -0.3 is 16.0 Å². The molecule has 110 valence electrons.